The number of nitrogens with zero attached hydrogens (tertiary/aromatic N) is 2. The van der Waals surface area contributed by atoms with E-state index in [-0.39, 0.29) is 24.4 Å². The number of likely N-dealkylation sites (tertiary alicyclic amines) is 1. The summed E-state index contributed by atoms with van der Waals surface area (Å²) in [6, 6.07) is -0.307. The number of rotatable bonds is 4. The van der Waals surface area contributed by atoms with E-state index < -0.39 is 0 Å². The highest BCUT2D eigenvalue weighted by atomic mass is 16.2. The summed E-state index contributed by atoms with van der Waals surface area (Å²) in [4.78, 5) is 26.8. The van der Waals surface area contributed by atoms with Crippen molar-refractivity contribution in [1.82, 2.24) is 15.1 Å². The summed E-state index contributed by atoms with van der Waals surface area (Å²) in [6.07, 6.45) is 3.41. The Morgan fingerprint density at radius 3 is 2.35 bits per heavy atom. The fourth-order valence-electron chi connectivity index (χ4n) is 1.97. The van der Waals surface area contributed by atoms with Crippen LogP contribution in [0.5, 0.6) is 0 Å². The normalized spacial score (nSPS) is 17.7. The van der Waals surface area contributed by atoms with Gasteiger partial charge in [-0.1, -0.05) is 0 Å². The van der Waals surface area contributed by atoms with Gasteiger partial charge in [0.15, 0.2) is 0 Å². The summed E-state index contributed by atoms with van der Waals surface area (Å²) >= 11 is 0. The molecule has 0 aromatic carbocycles. The molecule has 0 aliphatic carbocycles. The van der Waals surface area contributed by atoms with E-state index in [0.717, 1.165) is 25.9 Å². The van der Waals surface area contributed by atoms with Crippen LogP contribution in [0.3, 0.4) is 0 Å². The summed E-state index contributed by atoms with van der Waals surface area (Å²) in [5, 5.41) is 2.98. The number of nitrogens with one attached hydrogen (secondary N) is 1. The maximum Gasteiger partial charge on any atom is 0.238 e. The van der Waals surface area contributed by atoms with Crippen molar-refractivity contribution in [2.24, 2.45) is 0 Å². The molecule has 2 amide bonds. The van der Waals surface area contributed by atoms with Crippen molar-refractivity contribution in [2.45, 2.75) is 32.2 Å². The van der Waals surface area contributed by atoms with E-state index in [1.54, 1.807) is 21.0 Å². The summed E-state index contributed by atoms with van der Waals surface area (Å²) in [7, 11) is 3.43. The standard InChI is InChI=1S/C12H23N3O2/c1-10(12(17)14(2)3)13-9-11(16)15-7-5-4-6-8-15/h10,13H,4-9H2,1-3H3. The molecular weight excluding hydrogens is 218 g/mol. The van der Waals surface area contributed by atoms with E-state index in [9.17, 15) is 9.59 Å². The highest BCUT2D eigenvalue weighted by Gasteiger charge is 2.19. The van der Waals surface area contributed by atoms with Crippen LogP contribution in [0.1, 0.15) is 26.2 Å². The van der Waals surface area contributed by atoms with Gasteiger partial charge in [-0.15, -0.1) is 0 Å². The van der Waals surface area contributed by atoms with Crippen molar-refractivity contribution in [2.75, 3.05) is 33.7 Å². The van der Waals surface area contributed by atoms with E-state index in [4.69, 9.17) is 0 Å². The summed E-state index contributed by atoms with van der Waals surface area (Å²) in [6.45, 7) is 3.75. The molecule has 1 unspecified atom stereocenters. The molecule has 0 spiro atoms. The fourth-order valence-corrected chi connectivity index (χ4v) is 1.97. The molecule has 98 valence electrons. The van der Waals surface area contributed by atoms with Crippen molar-refractivity contribution in [1.29, 1.82) is 0 Å². The Bertz CT molecular complexity index is 273. The second kappa shape index (κ2) is 6.59. The van der Waals surface area contributed by atoms with Gasteiger partial charge in [-0.25, -0.2) is 0 Å². The van der Waals surface area contributed by atoms with E-state index in [2.05, 4.69) is 5.32 Å². The molecular formula is C12H23N3O2. The summed E-state index contributed by atoms with van der Waals surface area (Å²) in [5.74, 6) is 0.0968. The molecule has 17 heavy (non-hydrogen) atoms. The zero-order valence-corrected chi connectivity index (χ0v) is 11.0. The molecule has 0 radical (unpaired) electrons. The smallest absolute Gasteiger partial charge is 0.238 e. The van der Waals surface area contributed by atoms with Crippen LogP contribution < -0.4 is 5.32 Å². The van der Waals surface area contributed by atoms with Crippen LogP contribution in [0.15, 0.2) is 0 Å². The third-order valence-corrected chi connectivity index (χ3v) is 3.08. The molecule has 1 atom stereocenters. The van der Waals surface area contributed by atoms with Gasteiger partial charge in [-0.05, 0) is 26.2 Å². The van der Waals surface area contributed by atoms with Gasteiger partial charge in [0.2, 0.25) is 11.8 Å². The fraction of sp³-hybridized carbons (Fsp3) is 0.833. The highest BCUT2D eigenvalue weighted by molar-refractivity contribution is 5.83. The van der Waals surface area contributed by atoms with Crippen molar-refractivity contribution < 1.29 is 9.59 Å². The minimum atomic E-state index is -0.307. The largest absolute Gasteiger partial charge is 0.347 e. The highest BCUT2D eigenvalue weighted by Crippen LogP contribution is 2.08. The Kier molecular flexibility index (Phi) is 5.41. The van der Waals surface area contributed by atoms with Gasteiger partial charge >= 0.3 is 0 Å². The Labute approximate surface area is 103 Å². The van der Waals surface area contributed by atoms with Gasteiger partial charge in [0.05, 0.1) is 12.6 Å². The van der Waals surface area contributed by atoms with E-state index >= 15 is 0 Å². The van der Waals surface area contributed by atoms with Crippen LogP contribution in [0.4, 0.5) is 0 Å². The van der Waals surface area contributed by atoms with Crippen LogP contribution in [-0.4, -0.2) is 61.4 Å². The van der Waals surface area contributed by atoms with Crippen molar-refractivity contribution in [3.05, 3.63) is 0 Å². The number of amides is 2. The predicted octanol–water partition coefficient (Wildman–Crippen LogP) is 0.0652. The molecule has 5 heteroatoms. The number of hydrogen-bond donors (Lipinski definition) is 1. The van der Waals surface area contributed by atoms with Crippen LogP contribution in [0, 0.1) is 0 Å². The zero-order chi connectivity index (χ0) is 12.8. The topological polar surface area (TPSA) is 52.7 Å². The molecule has 0 saturated carbocycles. The number of carbonyl (C=O) groups excluding carboxylic acids is 2. The molecule has 0 aromatic heterocycles. The maximum atomic E-state index is 11.8. The van der Waals surface area contributed by atoms with Crippen LogP contribution in [-0.2, 0) is 9.59 Å². The molecule has 1 fully saturated rings. The SMILES string of the molecule is CC(NCC(=O)N1CCCCC1)C(=O)N(C)C. The zero-order valence-electron chi connectivity index (χ0n) is 11.0. The Morgan fingerprint density at radius 2 is 1.82 bits per heavy atom. The van der Waals surface area contributed by atoms with Gasteiger partial charge in [-0.3, -0.25) is 14.9 Å². The van der Waals surface area contributed by atoms with Crippen LogP contribution in [0.25, 0.3) is 0 Å². The minimum Gasteiger partial charge on any atom is -0.347 e. The van der Waals surface area contributed by atoms with E-state index in [1.165, 1.54) is 11.3 Å². The lowest BCUT2D eigenvalue weighted by Gasteiger charge is -2.27. The third-order valence-electron chi connectivity index (χ3n) is 3.08. The molecule has 5 nitrogen and oxygen atoms in total. The molecule has 1 N–H and O–H groups in total. The minimum absolute atomic E-state index is 0.00329. The first kappa shape index (κ1) is 14.0. The van der Waals surface area contributed by atoms with Gasteiger partial charge in [-0.2, -0.15) is 0 Å². The molecule has 0 aromatic rings. The van der Waals surface area contributed by atoms with Crippen LogP contribution >= 0.6 is 0 Å². The molecule has 1 saturated heterocycles. The quantitative estimate of drug-likeness (QED) is 0.757. The van der Waals surface area contributed by atoms with Crippen molar-refractivity contribution >= 4 is 11.8 Å². The Balaban J connectivity index is 2.29. The molecule has 0 bridgehead atoms. The number of carbonyl (C=O) groups is 2. The first-order valence-corrected chi connectivity index (χ1v) is 6.24. The second-order valence-electron chi connectivity index (χ2n) is 4.78. The Hall–Kier alpha value is -1.10. The van der Waals surface area contributed by atoms with Gasteiger partial charge in [0, 0.05) is 27.2 Å². The third kappa shape index (κ3) is 4.34. The van der Waals surface area contributed by atoms with Gasteiger partial charge in [0.25, 0.3) is 0 Å². The predicted molar refractivity (Wildman–Crippen MR) is 66.6 cm³/mol. The first-order chi connectivity index (χ1) is 8.02. The molecule has 1 aliphatic rings. The van der Waals surface area contributed by atoms with E-state index in [0.29, 0.717) is 0 Å². The summed E-state index contributed by atoms with van der Waals surface area (Å²) < 4.78 is 0. The average molecular weight is 241 g/mol. The number of likely N-dealkylation sites (N-methyl/N-ethyl adjacent to an activating group) is 1. The number of piperidine rings is 1. The van der Waals surface area contributed by atoms with Crippen LogP contribution in [0.2, 0.25) is 0 Å². The average Bonchev–Trinajstić information content (AvgIpc) is 2.35. The first-order valence-electron chi connectivity index (χ1n) is 6.24. The van der Waals surface area contributed by atoms with Gasteiger partial charge < -0.3 is 9.80 Å². The van der Waals surface area contributed by atoms with E-state index in [1.807, 2.05) is 4.90 Å². The summed E-state index contributed by atoms with van der Waals surface area (Å²) in [5.41, 5.74) is 0. The van der Waals surface area contributed by atoms with Crippen molar-refractivity contribution in [3.8, 4) is 0 Å². The molecule has 1 heterocycles. The lowest BCUT2D eigenvalue weighted by atomic mass is 10.1. The second-order valence-corrected chi connectivity index (χ2v) is 4.78. The molecule has 1 rings (SSSR count). The number of hydrogen-bond acceptors (Lipinski definition) is 3. The molecule has 1 aliphatic heterocycles. The van der Waals surface area contributed by atoms with Gasteiger partial charge in [0.1, 0.15) is 0 Å². The lowest BCUT2D eigenvalue weighted by Crippen LogP contribution is -2.47. The maximum absolute atomic E-state index is 11.8. The Morgan fingerprint density at radius 1 is 1.24 bits per heavy atom. The monoisotopic (exact) mass is 241 g/mol. The van der Waals surface area contributed by atoms with Crippen molar-refractivity contribution in [3.63, 3.8) is 0 Å². The lowest BCUT2D eigenvalue weighted by molar-refractivity contribution is -0.132.